The van der Waals surface area contributed by atoms with Gasteiger partial charge in [0.15, 0.2) is 0 Å². The summed E-state index contributed by atoms with van der Waals surface area (Å²) in [5.74, 6) is 0.464. The van der Waals surface area contributed by atoms with Crippen LogP contribution in [0.1, 0.15) is 37.9 Å². The molecule has 1 saturated heterocycles. The maximum atomic E-state index is 11.7. The number of cyclic esters (lactones) is 1. The summed E-state index contributed by atoms with van der Waals surface area (Å²) in [5, 5.41) is 4.47. The molecule has 0 bridgehead atoms. The van der Waals surface area contributed by atoms with Crippen molar-refractivity contribution in [1.29, 1.82) is 0 Å². The van der Waals surface area contributed by atoms with Crippen molar-refractivity contribution in [3.8, 4) is 0 Å². The quantitative estimate of drug-likeness (QED) is 0.756. The van der Waals surface area contributed by atoms with Crippen molar-refractivity contribution in [2.24, 2.45) is 0 Å². The number of aromatic nitrogens is 2. The van der Waals surface area contributed by atoms with Crippen LogP contribution in [-0.2, 0) is 14.9 Å². The van der Waals surface area contributed by atoms with Crippen molar-refractivity contribution in [3.05, 3.63) is 11.8 Å². The molecule has 3 rings (SSSR count). The van der Waals surface area contributed by atoms with Gasteiger partial charge in [-0.1, -0.05) is 0 Å². The number of rotatable bonds is 2. The van der Waals surface area contributed by atoms with E-state index in [2.05, 4.69) is 5.10 Å². The zero-order chi connectivity index (χ0) is 11.3. The molecule has 1 aromatic rings. The van der Waals surface area contributed by atoms with Crippen LogP contribution in [0, 0.1) is 0 Å². The van der Waals surface area contributed by atoms with E-state index in [4.69, 9.17) is 10.5 Å². The van der Waals surface area contributed by atoms with Crippen molar-refractivity contribution < 1.29 is 9.53 Å². The van der Waals surface area contributed by atoms with Crippen LogP contribution in [0.2, 0.25) is 0 Å². The molecule has 5 nitrogen and oxygen atoms in total. The number of carbonyl (C=O) groups is 1. The van der Waals surface area contributed by atoms with Crippen LogP contribution in [0.25, 0.3) is 0 Å². The lowest BCUT2D eigenvalue weighted by Crippen LogP contribution is -2.28. The number of carbonyl (C=O) groups excluding carboxylic acids is 1. The van der Waals surface area contributed by atoms with E-state index in [0.717, 1.165) is 18.5 Å². The fraction of sp³-hybridized carbons (Fsp3) is 0.636. The average molecular weight is 221 g/mol. The first-order valence-electron chi connectivity index (χ1n) is 5.64. The predicted octanol–water partition coefficient (Wildman–Crippen LogP) is 1.00. The number of nitrogens with zero attached hydrogens (tertiary/aromatic N) is 2. The first-order chi connectivity index (χ1) is 7.61. The topological polar surface area (TPSA) is 70.1 Å². The predicted molar refractivity (Wildman–Crippen MR) is 57.8 cm³/mol. The number of hydrogen-bond donors (Lipinski definition) is 1. The monoisotopic (exact) mass is 221 g/mol. The van der Waals surface area contributed by atoms with E-state index in [0.29, 0.717) is 24.9 Å². The van der Waals surface area contributed by atoms with Crippen molar-refractivity contribution in [2.45, 2.75) is 37.6 Å². The highest BCUT2D eigenvalue weighted by atomic mass is 16.5. The Morgan fingerprint density at radius 1 is 1.62 bits per heavy atom. The summed E-state index contributed by atoms with van der Waals surface area (Å²) < 4.78 is 6.86. The minimum atomic E-state index is -0.603. The van der Waals surface area contributed by atoms with Gasteiger partial charge in [0.05, 0.1) is 18.3 Å². The number of esters is 1. The Kier molecular flexibility index (Phi) is 1.81. The lowest BCUT2D eigenvalue weighted by molar-refractivity contribution is -0.142. The number of nitrogen functional groups attached to an aromatic ring is 1. The minimum absolute atomic E-state index is 0.187. The van der Waals surface area contributed by atoms with Crippen LogP contribution in [0.15, 0.2) is 6.07 Å². The van der Waals surface area contributed by atoms with Gasteiger partial charge in [0.1, 0.15) is 11.2 Å². The lowest BCUT2D eigenvalue weighted by Gasteiger charge is -2.15. The molecule has 1 aliphatic heterocycles. The minimum Gasteiger partial charge on any atom is -0.465 e. The van der Waals surface area contributed by atoms with Crippen molar-refractivity contribution in [1.82, 2.24) is 9.78 Å². The summed E-state index contributed by atoms with van der Waals surface area (Å²) in [7, 11) is 0. The summed E-state index contributed by atoms with van der Waals surface area (Å²) in [6, 6.07) is 2.25. The molecule has 1 saturated carbocycles. The summed E-state index contributed by atoms with van der Waals surface area (Å²) >= 11 is 0. The molecule has 2 N–H and O–H groups in total. The summed E-state index contributed by atoms with van der Waals surface area (Å²) in [5.41, 5.74) is 6.05. The molecular weight excluding hydrogens is 206 g/mol. The Hall–Kier alpha value is -1.52. The van der Waals surface area contributed by atoms with Crippen LogP contribution in [0.4, 0.5) is 5.82 Å². The van der Waals surface area contributed by atoms with E-state index < -0.39 is 5.41 Å². The number of nitrogens with two attached hydrogens (primary N) is 1. The summed E-state index contributed by atoms with van der Waals surface area (Å²) in [4.78, 5) is 11.7. The van der Waals surface area contributed by atoms with Gasteiger partial charge in [-0.3, -0.25) is 4.79 Å². The Morgan fingerprint density at radius 3 is 2.94 bits per heavy atom. The molecule has 5 heteroatoms. The zero-order valence-electron chi connectivity index (χ0n) is 9.27. The second kappa shape index (κ2) is 2.99. The Morgan fingerprint density at radius 2 is 2.38 bits per heavy atom. The summed E-state index contributed by atoms with van der Waals surface area (Å²) in [6.07, 6.45) is 2.95. The van der Waals surface area contributed by atoms with Gasteiger partial charge in [-0.25, -0.2) is 4.68 Å². The normalized spacial score (nSPS) is 29.4. The lowest BCUT2D eigenvalue weighted by atomic mass is 9.85. The van der Waals surface area contributed by atoms with Crippen molar-refractivity contribution in [2.75, 3.05) is 12.3 Å². The van der Waals surface area contributed by atoms with E-state index in [-0.39, 0.29) is 5.97 Å². The van der Waals surface area contributed by atoms with E-state index in [1.165, 1.54) is 0 Å². The second-order valence-electron chi connectivity index (χ2n) is 4.85. The standard InChI is InChI=1S/C11H15N3O2/c1-11(4-5-16-10(11)15)8-6-9(12)14(13-8)7-2-3-7/h6-7H,2-5,12H2,1H3. The fourth-order valence-electron chi connectivity index (χ4n) is 2.13. The molecule has 0 radical (unpaired) electrons. The van der Waals surface area contributed by atoms with E-state index in [9.17, 15) is 4.79 Å². The van der Waals surface area contributed by atoms with Gasteiger partial charge >= 0.3 is 5.97 Å². The first kappa shape index (κ1) is 9.69. The van der Waals surface area contributed by atoms with Crippen LogP contribution in [-0.4, -0.2) is 22.4 Å². The Balaban J connectivity index is 1.99. The van der Waals surface area contributed by atoms with E-state index >= 15 is 0 Å². The zero-order valence-corrected chi connectivity index (χ0v) is 9.27. The van der Waals surface area contributed by atoms with Crippen LogP contribution >= 0.6 is 0 Å². The van der Waals surface area contributed by atoms with Gasteiger partial charge in [0, 0.05) is 12.5 Å². The first-order valence-corrected chi connectivity index (χ1v) is 5.64. The Bertz CT molecular complexity index is 450. The van der Waals surface area contributed by atoms with Crippen LogP contribution in [0.5, 0.6) is 0 Å². The molecule has 86 valence electrons. The fourth-order valence-corrected chi connectivity index (χ4v) is 2.13. The average Bonchev–Trinajstić information content (AvgIpc) is 2.93. The molecule has 2 aliphatic rings. The Labute approximate surface area is 93.6 Å². The van der Waals surface area contributed by atoms with Crippen LogP contribution < -0.4 is 5.73 Å². The molecule has 1 aliphatic carbocycles. The van der Waals surface area contributed by atoms with Crippen molar-refractivity contribution >= 4 is 11.8 Å². The highest BCUT2D eigenvalue weighted by molar-refractivity contribution is 5.84. The highest BCUT2D eigenvalue weighted by Crippen LogP contribution is 2.39. The number of hydrogen-bond acceptors (Lipinski definition) is 4. The van der Waals surface area contributed by atoms with Crippen LogP contribution in [0.3, 0.4) is 0 Å². The number of anilines is 1. The maximum absolute atomic E-state index is 11.7. The molecule has 0 spiro atoms. The molecule has 16 heavy (non-hydrogen) atoms. The van der Waals surface area contributed by atoms with Gasteiger partial charge in [0.25, 0.3) is 0 Å². The smallest absolute Gasteiger partial charge is 0.318 e. The van der Waals surface area contributed by atoms with Gasteiger partial charge in [-0.15, -0.1) is 0 Å². The number of ether oxygens (including phenoxy) is 1. The highest BCUT2D eigenvalue weighted by Gasteiger charge is 2.44. The molecule has 1 unspecified atom stereocenters. The summed E-state index contributed by atoms with van der Waals surface area (Å²) in [6.45, 7) is 2.35. The van der Waals surface area contributed by atoms with Gasteiger partial charge in [0.2, 0.25) is 0 Å². The van der Waals surface area contributed by atoms with Crippen molar-refractivity contribution in [3.63, 3.8) is 0 Å². The third-order valence-corrected chi connectivity index (χ3v) is 3.51. The van der Waals surface area contributed by atoms with E-state index in [1.54, 1.807) is 0 Å². The second-order valence-corrected chi connectivity index (χ2v) is 4.85. The van der Waals surface area contributed by atoms with Gasteiger partial charge in [-0.05, 0) is 19.8 Å². The molecule has 1 atom stereocenters. The molecule has 1 aromatic heterocycles. The van der Waals surface area contributed by atoms with E-state index in [1.807, 2.05) is 17.7 Å². The molecule has 2 heterocycles. The molecular formula is C11H15N3O2. The largest absolute Gasteiger partial charge is 0.465 e. The van der Waals surface area contributed by atoms with Gasteiger partial charge < -0.3 is 10.5 Å². The SMILES string of the molecule is CC1(c2cc(N)n(C3CC3)n2)CCOC1=O. The molecule has 0 aromatic carbocycles. The third kappa shape index (κ3) is 1.24. The maximum Gasteiger partial charge on any atom is 0.318 e. The van der Waals surface area contributed by atoms with Gasteiger partial charge in [-0.2, -0.15) is 5.10 Å². The molecule has 0 amide bonds. The third-order valence-electron chi connectivity index (χ3n) is 3.51. The molecule has 2 fully saturated rings.